The van der Waals surface area contributed by atoms with Crippen LogP contribution in [-0.2, 0) is 18.5 Å². The van der Waals surface area contributed by atoms with Gasteiger partial charge in [0.05, 0.1) is 11.1 Å². The summed E-state index contributed by atoms with van der Waals surface area (Å²) in [4.78, 5) is 2.53. The van der Waals surface area contributed by atoms with E-state index in [2.05, 4.69) is 67.8 Å². The Balaban J connectivity index is 1.33. The van der Waals surface area contributed by atoms with Gasteiger partial charge < -0.3 is 19.2 Å². The van der Waals surface area contributed by atoms with Gasteiger partial charge in [0.15, 0.2) is 5.76 Å². The van der Waals surface area contributed by atoms with Crippen LogP contribution in [0.1, 0.15) is 35.6 Å². The molecule has 0 aliphatic rings. The molecule has 2 N–H and O–H groups in total. The molecule has 0 aliphatic heterocycles. The minimum absolute atomic E-state index is 0.0865. The second kappa shape index (κ2) is 10.8. The lowest BCUT2D eigenvalue weighted by Crippen LogP contribution is -3.10. The fourth-order valence-corrected chi connectivity index (χ4v) is 4.88. The van der Waals surface area contributed by atoms with E-state index in [0.717, 1.165) is 24.6 Å². The van der Waals surface area contributed by atoms with E-state index in [0.29, 0.717) is 6.54 Å². The molecular formula is C28H32NO3S+. The standard InChI is InChI=1S/C28H31NO3S/c1-28(2,22-8-4-3-5-9-22)23-12-14-25(15-13-23)32-21-24(30)18-29(19-26-10-6-16-31-26)20-27-11-7-17-33-27/h3-17,24,30H,18-21H2,1-2H3/p+1/t24-/m0/s1. The second-order valence-electron chi connectivity index (χ2n) is 8.95. The van der Waals surface area contributed by atoms with E-state index in [9.17, 15) is 5.11 Å². The second-order valence-corrected chi connectivity index (χ2v) is 9.98. The molecule has 0 aliphatic carbocycles. The summed E-state index contributed by atoms with van der Waals surface area (Å²) < 4.78 is 11.5. The molecule has 0 amide bonds. The summed E-state index contributed by atoms with van der Waals surface area (Å²) in [6.45, 7) is 6.87. The van der Waals surface area contributed by atoms with Crippen molar-refractivity contribution in [2.24, 2.45) is 0 Å². The number of benzene rings is 2. The number of ether oxygens (including phenoxy) is 1. The van der Waals surface area contributed by atoms with Crippen LogP contribution in [0, 0.1) is 0 Å². The highest BCUT2D eigenvalue weighted by Crippen LogP contribution is 2.32. The lowest BCUT2D eigenvalue weighted by Gasteiger charge is -2.26. The largest absolute Gasteiger partial charge is 0.491 e. The molecule has 0 spiro atoms. The summed E-state index contributed by atoms with van der Waals surface area (Å²) in [7, 11) is 0. The molecule has 0 fully saturated rings. The Kier molecular flexibility index (Phi) is 7.65. The van der Waals surface area contributed by atoms with Gasteiger partial charge in [0.1, 0.15) is 38.1 Å². The highest BCUT2D eigenvalue weighted by Gasteiger charge is 2.23. The van der Waals surface area contributed by atoms with Crippen LogP contribution in [0.2, 0.25) is 0 Å². The molecule has 0 saturated heterocycles. The number of hydrogen-bond donors (Lipinski definition) is 2. The van der Waals surface area contributed by atoms with E-state index >= 15 is 0 Å². The Labute approximate surface area is 200 Å². The van der Waals surface area contributed by atoms with E-state index in [1.807, 2.05) is 30.3 Å². The van der Waals surface area contributed by atoms with E-state index in [4.69, 9.17) is 9.15 Å². The lowest BCUT2D eigenvalue weighted by atomic mass is 9.78. The topological polar surface area (TPSA) is 47.0 Å². The molecule has 5 heteroatoms. The third kappa shape index (κ3) is 6.35. The van der Waals surface area contributed by atoms with E-state index < -0.39 is 6.10 Å². The normalized spacial score (nSPS) is 13.5. The van der Waals surface area contributed by atoms with Crippen molar-refractivity contribution in [3.63, 3.8) is 0 Å². The number of aliphatic hydroxyl groups is 1. The fraction of sp³-hybridized carbons (Fsp3) is 0.286. The molecular weight excluding hydrogens is 430 g/mol. The maximum atomic E-state index is 10.7. The molecule has 2 aromatic carbocycles. The van der Waals surface area contributed by atoms with Gasteiger partial charge in [-0.15, -0.1) is 11.3 Å². The molecule has 2 heterocycles. The third-order valence-electron chi connectivity index (χ3n) is 6.05. The van der Waals surface area contributed by atoms with Gasteiger partial charge in [-0.2, -0.15) is 0 Å². The molecule has 172 valence electrons. The molecule has 4 nitrogen and oxygen atoms in total. The Morgan fingerprint density at radius 1 is 0.909 bits per heavy atom. The van der Waals surface area contributed by atoms with Crippen molar-refractivity contribution in [2.75, 3.05) is 13.2 Å². The molecule has 2 aromatic heterocycles. The summed E-state index contributed by atoms with van der Waals surface area (Å²) >= 11 is 1.74. The van der Waals surface area contributed by atoms with Crippen molar-refractivity contribution in [1.29, 1.82) is 0 Å². The molecule has 4 aromatic rings. The van der Waals surface area contributed by atoms with Crippen LogP contribution in [0.3, 0.4) is 0 Å². The number of rotatable bonds is 11. The van der Waals surface area contributed by atoms with Crippen molar-refractivity contribution in [1.82, 2.24) is 0 Å². The van der Waals surface area contributed by atoms with Crippen molar-refractivity contribution < 1.29 is 19.2 Å². The fourth-order valence-electron chi connectivity index (χ4n) is 4.10. The van der Waals surface area contributed by atoms with Crippen LogP contribution in [0.4, 0.5) is 0 Å². The first-order valence-corrected chi connectivity index (χ1v) is 12.2. The molecule has 2 atom stereocenters. The summed E-state index contributed by atoms with van der Waals surface area (Å²) in [5, 5.41) is 12.8. The quantitative estimate of drug-likeness (QED) is 0.340. The van der Waals surface area contributed by atoms with Crippen LogP contribution in [0.5, 0.6) is 5.75 Å². The lowest BCUT2D eigenvalue weighted by molar-refractivity contribution is -0.931. The molecule has 0 saturated carbocycles. The smallest absolute Gasteiger partial charge is 0.157 e. The number of quaternary nitrogens is 1. The average Bonchev–Trinajstić information content (AvgIpc) is 3.53. The first-order chi connectivity index (χ1) is 16.0. The van der Waals surface area contributed by atoms with E-state index in [-0.39, 0.29) is 12.0 Å². The first-order valence-electron chi connectivity index (χ1n) is 11.4. The highest BCUT2D eigenvalue weighted by molar-refractivity contribution is 7.09. The molecule has 1 unspecified atom stereocenters. The van der Waals surface area contributed by atoms with Crippen molar-refractivity contribution in [3.05, 3.63) is 112 Å². The SMILES string of the molecule is CC(C)(c1ccccc1)c1ccc(OC[C@@H](O)C[NH+](Cc2ccco2)Cc2cccs2)cc1. The van der Waals surface area contributed by atoms with E-state index in [1.165, 1.54) is 20.9 Å². The Morgan fingerprint density at radius 2 is 1.67 bits per heavy atom. The summed E-state index contributed by atoms with van der Waals surface area (Å²) in [6, 6.07) is 26.8. The van der Waals surface area contributed by atoms with Crippen LogP contribution in [0.25, 0.3) is 0 Å². The molecule has 0 radical (unpaired) electrons. The van der Waals surface area contributed by atoms with Crippen molar-refractivity contribution in [3.8, 4) is 5.75 Å². The van der Waals surface area contributed by atoms with Crippen LogP contribution < -0.4 is 9.64 Å². The van der Waals surface area contributed by atoms with Crippen molar-refractivity contribution in [2.45, 2.75) is 38.5 Å². The predicted molar refractivity (Wildman–Crippen MR) is 133 cm³/mol. The number of aliphatic hydroxyl groups excluding tert-OH is 1. The average molecular weight is 463 g/mol. The number of nitrogens with one attached hydrogen (secondary N) is 1. The monoisotopic (exact) mass is 462 g/mol. The summed E-state index contributed by atoms with van der Waals surface area (Å²) in [5.74, 6) is 1.69. The van der Waals surface area contributed by atoms with Gasteiger partial charge in [-0.1, -0.05) is 62.4 Å². The first kappa shape index (κ1) is 23.3. The Hall–Kier alpha value is -2.86. The van der Waals surface area contributed by atoms with Crippen LogP contribution in [0.15, 0.2) is 94.9 Å². The minimum atomic E-state index is -0.574. The number of thiophene rings is 1. The summed E-state index contributed by atoms with van der Waals surface area (Å²) in [6.07, 6.45) is 1.12. The predicted octanol–water partition coefficient (Wildman–Crippen LogP) is 4.69. The van der Waals surface area contributed by atoms with E-state index in [1.54, 1.807) is 17.6 Å². The zero-order valence-corrected chi connectivity index (χ0v) is 20.1. The molecule has 4 rings (SSSR count). The van der Waals surface area contributed by atoms with Gasteiger partial charge in [0, 0.05) is 5.41 Å². The van der Waals surface area contributed by atoms with Gasteiger partial charge in [0.25, 0.3) is 0 Å². The van der Waals surface area contributed by atoms with Gasteiger partial charge >= 0.3 is 0 Å². The Bertz CT molecular complexity index is 1040. The maximum Gasteiger partial charge on any atom is 0.157 e. The summed E-state index contributed by atoms with van der Waals surface area (Å²) in [5.41, 5.74) is 2.42. The zero-order valence-electron chi connectivity index (χ0n) is 19.2. The van der Waals surface area contributed by atoms with Crippen molar-refractivity contribution >= 4 is 11.3 Å². The highest BCUT2D eigenvalue weighted by atomic mass is 32.1. The zero-order chi connectivity index (χ0) is 23.1. The number of hydrogen-bond acceptors (Lipinski definition) is 4. The van der Waals surface area contributed by atoms with Gasteiger partial charge in [0.2, 0.25) is 0 Å². The van der Waals surface area contributed by atoms with Crippen LogP contribution in [-0.4, -0.2) is 24.4 Å². The maximum absolute atomic E-state index is 10.7. The van der Waals surface area contributed by atoms with Gasteiger partial charge in [-0.25, -0.2) is 0 Å². The minimum Gasteiger partial charge on any atom is -0.491 e. The van der Waals surface area contributed by atoms with Crippen LogP contribution >= 0.6 is 11.3 Å². The molecule has 33 heavy (non-hydrogen) atoms. The molecule has 0 bridgehead atoms. The van der Waals surface area contributed by atoms with Gasteiger partial charge in [-0.3, -0.25) is 0 Å². The van der Waals surface area contributed by atoms with Gasteiger partial charge in [-0.05, 0) is 46.8 Å². The number of furan rings is 1. The Morgan fingerprint density at radius 3 is 2.33 bits per heavy atom. The third-order valence-corrected chi connectivity index (χ3v) is 6.92.